The van der Waals surface area contributed by atoms with E-state index in [0.717, 1.165) is 30.5 Å². The number of anilines is 1. The van der Waals surface area contributed by atoms with E-state index >= 15 is 0 Å². The molecule has 4 nitrogen and oxygen atoms in total. The molecule has 0 aliphatic heterocycles. The van der Waals surface area contributed by atoms with Gasteiger partial charge in [0, 0.05) is 22.3 Å². The first kappa shape index (κ1) is 12.4. The van der Waals surface area contributed by atoms with Crippen LogP contribution in [0.2, 0.25) is 0 Å². The maximum atomic E-state index is 11.1. The van der Waals surface area contributed by atoms with Crippen LogP contribution < -0.4 is 5.32 Å². The van der Waals surface area contributed by atoms with Crippen molar-refractivity contribution in [3.8, 4) is 0 Å². The van der Waals surface area contributed by atoms with E-state index in [1.54, 1.807) is 17.5 Å². The Labute approximate surface area is 115 Å². The lowest BCUT2D eigenvalue weighted by molar-refractivity contribution is -0.142. The Morgan fingerprint density at radius 2 is 2.32 bits per heavy atom. The molecule has 1 saturated carbocycles. The summed E-state index contributed by atoms with van der Waals surface area (Å²) in [6.45, 7) is 0. The average molecular weight is 276 g/mol. The summed E-state index contributed by atoms with van der Waals surface area (Å²) in [6, 6.07) is 4.28. The zero-order chi connectivity index (χ0) is 13.2. The van der Waals surface area contributed by atoms with Crippen LogP contribution in [0.15, 0.2) is 23.7 Å². The molecule has 0 radical (unpaired) electrons. The second-order valence-electron chi connectivity index (χ2n) is 5.03. The highest BCUT2D eigenvalue weighted by atomic mass is 32.1. The van der Waals surface area contributed by atoms with Gasteiger partial charge in [0.25, 0.3) is 0 Å². The molecule has 2 aromatic heterocycles. The second kappa shape index (κ2) is 5.17. The third kappa shape index (κ3) is 2.56. The topological polar surface area (TPSA) is 62.2 Å². The van der Waals surface area contributed by atoms with Crippen LogP contribution in [0, 0.1) is 5.92 Å². The summed E-state index contributed by atoms with van der Waals surface area (Å²) in [6.07, 6.45) is 5.28. The van der Waals surface area contributed by atoms with Gasteiger partial charge in [-0.05, 0) is 36.8 Å². The first-order chi connectivity index (χ1) is 9.24. The van der Waals surface area contributed by atoms with Crippen LogP contribution in [-0.2, 0) is 4.79 Å². The molecule has 0 spiro atoms. The molecule has 1 aliphatic carbocycles. The van der Waals surface area contributed by atoms with Crippen molar-refractivity contribution in [3.05, 3.63) is 23.7 Å². The number of nitrogens with one attached hydrogen (secondary N) is 1. The molecular weight excluding hydrogens is 260 g/mol. The fourth-order valence-corrected chi connectivity index (χ4v) is 3.53. The van der Waals surface area contributed by atoms with Crippen molar-refractivity contribution in [2.24, 2.45) is 5.92 Å². The molecule has 1 fully saturated rings. The van der Waals surface area contributed by atoms with Gasteiger partial charge in [-0.25, -0.2) is 4.98 Å². The number of rotatable bonds is 3. The van der Waals surface area contributed by atoms with Crippen molar-refractivity contribution < 1.29 is 9.90 Å². The zero-order valence-electron chi connectivity index (χ0n) is 10.5. The molecule has 0 bridgehead atoms. The summed E-state index contributed by atoms with van der Waals surface area (Å²) in [4.78, 5) is 15.5. The van der Waals surface area contributed by atoms with Crippen molar-refractivity contribution in [2.45, 2.75) is 31.7 Å². The minimum atomic E-state index is -0.673. The summed E-state index contributed by atoms with van der Waals surface area (Å²) >= 11 is 1.69. The van der Waals surface area contributed by atoms with Crippen molar-refractivity contribution >= 4 is 33.2 Å². The van der Waals surface area contributed by atoms with Crippen LogP contribution in [-0.4, -0.2) is 22.1 Å². The van der Waals surface area contributed by atoms with Gasteiger partial charge in [0.2, 0.25) is 0 Å². The maximum Gasteiger partial charge on any atom is 0.306 e. The molecule has 5 heteroatoms. The minimum absolute atomic E-state index is 0.215. The van der Waals surface area contributed by atoms with Crippen LogP contribution in [0.3, 0.4) is 0 Å². The fourth-order valence-electron chi connectivity index (χ4n) is 2.75. The van der Waals surface area contributed by atoms with Gasteiger partial charge >= 0.3 is 5.97 Å². The minimum Gasteiger partial charge on any atom is -0.481 e. The molecule has 3 rings (SSSR count). The number of nitrogens with zero attached hydrogens (tertiary/aromatic N) is 1. The standard InChI is InChI=1S/C14H16N2O2S/c17-14(18)9-2-1-3-10(8-9)16-13-11-5-7-19-12(11)4-6-15-13/h4-7,9-10H,1-3,8H2,(H,15,16)(H,17,18). The number of pyridine rings is 1. The van der Waals surface area contributed by atoms with Crippen molar-refractivity contribution in [3.63, 3.8) is 0 Å². The van der Waals surface area contributed by atoms with Gasteiger partial charge in [-0.2, -0.15) is 0 Å². The molecule has 100 valence electrons. The monoisotopic (exact) mass is 276 g/mol. The smallest absolute Gasteiger partial charge is 0.306 e. The number of aromatic nitrogens is 1. The van der Waals surface area contributed by atoms with Crippen molar-refractivity contribution in [1.82, 2.24) is 4.98 Å². The number of hydrogen-bond acceptors (Lipinski definition) is 4. The Kier molecular flexibility index (Phi) is 3.38. The highest BCUT2D eigenvalue weighted by molar-refractivity contribution is 7.17. The molecule has 2 heterocycles. The van der Waals surface area contributed by atoms with Crippen LogP contribution >= 0.6 is 11.3 Å². The molecule has 2 atom stereocenters. The Morgan fingerprint density at radius 3 is 3.16 bits per heavy atom. The lowest BCUT2D eigenvalue weighted by atomic mass is 9.86. The largest absolute Gasteiger partial charge is 0.481 e. The fraction of sp³-hybridized carbons (Fsp3) is 0.429. The molecule has 0 saturated heterocycles. The quantitative estimate of drug-likeness (QED) is 0.902. The lowest BCUT2D eigenvalue weighted by Crippen LogP contribution is -2.31. The van der Waals surface area contributed by atoms with Gasteiger partial charge in [-0.3, -0.25) is 4.79 Å². The summed E-state index contributed by atoms with van der Waals surface area (Å²) < 4.78 is 1.21. The van der Waals surface area contributed by atoms with Crippen LogP contribution in [0.5, 0.6) is 0 Å². The third-order valence-electron chi connectivity index (χ3n) is 3.74. The van der Waals surface area contributed by atoms with E-state index in [0.29, 0.717) is 6.42 Å². The summed E-state index contributed by atoms with van der Waals surface area (Å²) in [5.74, 6) is -0.00378. The molecule has 1 aliphatic rings. The van der Waals surface area contributed by atoms with E-state index in [2.05, 4.69) is 21.7 Å². The molecule has 2 N–H and O–H groups in total. The third-order valence-corrected chi connectivity index (χ3v) is 4.63. The number of carbonyl (C=O) groups is 1. The molecule has 2 unspecified atom stereocenters. The van der Waals surface area contributed by atoms with Crippen LogP contribution in [0.4, 0.5) is 5.82 Å². The maximum absolute atomic E-state index is 11.1. The summed E-state index contributed by atoms with van der Waals surface area (Å²) in [5.41, 5.74) is 0. The van der Waals surface area contributed by atoms with Gasteiger partial charge < -0.3 is 10.4 Å². The Balaban J connectivity index is 1.77. The van der Waals surface area contributed by atoms with Crippen LogP contribution in [0.25, 0.3) is 10.1 Å². The number of carboxylic acid groups (broad SMARTS) is 1. The Hall–Kier alpha value is -1.62. The van der Waals surface area contributed by atoms with E-state index in [9.17, 15) is 4.79 Å². The SMILES string of the molecule is O=C(O)C1CCCC(Nc2nccc3sccc23)C1. The number of hydrogen-bond donors (Lipinski definition) is 2. The lowest BCUT2D eigenvalue weighted by Gasteiger charge is -2.27. The van der Waals surface area contributed by atoms with Gasteiger partial charge in [0.15, 0.2) is 0 Å². The zero-order valence-corrected chi connectivity index (χ0v) is 11.3. The average Bonchev–Trinajstić information content (AvgIpc) is 2.88. The van der Waals surface area contributed by atoms with Crippen LogP contribution in [0.1, 0.15) is 25.7 Å². The number of carboxylic acids is 1. The first-order valence-corrected chi connectivity index (χ1v) is 7.43. The predicted molar refractivity (Wildman–Crippen MR) is 76.6 cm³/mol. The summed E-state index contributed by atoms with van der Waals surface area (Å²) in [7, 11) is 0. The predicted octanol–water partition coefficient (Wildman–Crippen LogP) is 3.35. The molecule has 0 amide bonds. The highest BCUT2D eigenvalue weighted by Crippen LogP contribution is 2.30. The molecule has 19 heavy (non-hydrogen) atoms. The first-order valence-electron chi connectivity index (χ1n) is 6.55. The Bertz CT molecular complexity index is 596. The van der Waals surface area contributed by atoms with Gasteiger partial charge in [0.1, 0.15) is 5.82 Å². The van der Waals surface area contributed by atoms with E-state index < -0.39 is 5.97 Å². The number of thiophene rings is 1. The van der Waals surface area contributed by atoms with Crippen molar-refractivity contribution in [1.29, 1.82) is 0 Å². The van der Waals surface area contributed by atoms with E-state index in [4.69, 9.17) is 5.11 Å². The molecule has 2 aromatic rings. The van der Waals surface area contributed by atoms with Crippen molar-refractivity contribution in [2.75, 3.05) is 5.32 Å². The van der Waals surface area contributed by atoms with E-state index in [-0.39, 0.29) is 12.0 Å². The number of fused-ring (bicyclic) bond motifs is 1. The summed E-state index contributed by atoms with van der Waals surface area (Å²) in [5, 5.41) is 15.7. The van der Waals surface area contributed by atoms with E-state index in [1.165, 1.54) is 4.70 Å². The second-order valence-corrected chi connectivity index (χ2v) is 5.98. The normalized spacial score (nSPS) is 23.4. The molecule has 0 aromatic carbocycles. The number of aliphatic carboxylic acids is 1. The Morgan fingerprint density at radius 1 is 1.42 bits per heavy atom. The highest BCUT2D eigenvalue weighted by Gasteiger charge is 2.27. The van der Waals surface area contributed by atoms with Gasteiger partial charge in [-0.1, -0.05) is 6.42 Å². The van der Waals surface area contributed by atoms with Gasteiger partial charge in [-0.15, -0.1) is 11.3 Å². The molecular formula is C14H16N2O2S. The van der Waals surface area contributed by atoms with E-state index in [1.807, 2.05) is 6.07 Å². The van der Waals surface area contributed by atoms with Gasteiger partial charge in [0.05, 0.1) is 5.92 Å².